The molecule has 0 bridgehead atoms. The van der Waals surface area contributed by atoms with Gasteiger partial charge in [0.1, 0.15) is 11.4 Å². The number of nitrogens with two attached hydrogens (primary N) is 1. The summed E-state index contributed by atoms with van der Waals surface area (Å²) in [5.74, 6) is 0.877. The molecule has 0 spiro atoms. The first-order chi connectivity index (χ1) is 5.55. The fraction of sp³-hybridized carbons (Fsp3) is 0.500. The van der Waals surface area contributed by atoms with Crippen molar-refractivity contribution in [2.75, 3.05) is 0 Å². The Morgan fingerprint density at radius 2 is 2.50 bits per heavy atom. The quantitative estimate of drug-likeness (QED) is 0.689. The van der Waals surface area contributed by atoms with Crippen LogP contribution in [-0.4, -0.2) is 15.1 Å². The lowest BCUT2D eigenvalue weighted by atomic mass is 10.1. The molecule has 1 aromatic heterocycles. The van der Waals surface area contributed by atoms with Crippen LogP contribution in [-0.2, 0) is 6.54 Å². The standard InChI is InChI=1S/C8H12N4/c1-7-11-3-4-12(7)6-8(2,10)5-9/h3-4H,6,10H2,1-2H3. The predicted molar refractivity (Wildman–Crippen MR) is 45.2 cm³/mol. The van der Waals surface area contributed by atoms with E-state index in [-0.39, 0.29) is 0 Å². The second-order valence-electron chi connectivity index (χ2n) is 3.13. The van der Waals surface area contributed by atoms with Crippen molar-refractivity contribution in [3.8, 4) is 6.07 Å². The highest BCUT2D eigenvalue weighted by atomic mass is 15.1. The molecule has 1 atom stereocenters. The van der Waals surface area contributed by atoms with Gasteiger partial charge in [-0.1, -0.05) is 0 Å². The Balaban J connectivity index is 2.78. The van der Waals surface area contributed by atoms with Crippen LogP contribution in [0.3, 0.4) is 0 Å². The lowest BCUT2D eigenvalue weighted by molar-refractivity contribution is 0.485. The van der Waals surface area contributed by atoms with E-state index in [0.717, 1.165) is 5.82 Å². The molecule has 0 amide bonds. The van der Waals surface area contributed by atoms with Crippen LogP contribution in [0.15, 0.2) is 12.4 Å². The first-order valence-corrected chi connectivity index (χ1v) is 3.73. The van der Waals surface area contributed by atoms with E-state index in [9.17, 15) is 0 Å². The molecular weight excluding hydrogens is 152 g/mol. The number of hydrogen-bond acceptors (Lipinski definition) is 3. The third-order valence-electron chi connectivity index (χ3n) is 1.68. The van der Waals surface area contributed by atoms with Crippen LogP contribution in [0.1, 0.15) is 12.7 Å². The lowest BCUT2D eigenvalue weighted by Gasteiger charge is -2.16. The number of imidazole rings is 1. The van der Waals surface area contributed by atoms with Gasteiger partial charge in [-0.25, -0.2) is 4.98 Å². The summed E-state index contributed by atoms with van der Waals surface area (Å²) in [6.07, 6.45) is 3.51. The summed E-state index contributed by atoms with van der Waals surface area (Å²) in [5, 5.41) is 8.67. The predicted octanol–water partition coefficient (Wildman–Crippen LogP) is 0.432. The zero-order valence-electron chi connectivity index (χ0n) is 7.28. The highest BCUT2D eigenvalue weighted by Crippen LogP contribution is 2.04. The zero-order valence-corrected chi connectivity index (χ0v) is 7.28. The highest BCUT2D eigenvalue weighted by Gasteiger charge is 2.18. The summed E-state index contributed by atoms with van der Waals surface area (Å²) in [6.45, 7) is 4.06. The summed E-state index contributed by atoms with van der Waals surface area (Å²) >= 11 is 0. The molecule has 0 saturated heterocycles. The fourth-order valence-corrected chi connectivity index (χ4v) is 0.960. The molecule has 0 radical (unpaired) electrons. The van der Waals surface area contributed by atoms with Gasteiger partial charge in [-0.2, -0.15) is 5.26 Å². The molecular formula is C8H12N4. The summed E-state index contributed by atoms with van der Waals surface area (Å²) in [5.41, 5.74) is 4.85. The Morgan fingerprint density at radius 3 is 2.92 bits per heavy atom. The van der Waals surface area contributed by atoms with Crippen molar-refractivity contribution in [2.24, 2.45) is 5.73 Å². The molecule has 1 heterocycles. The monoisotopic (exact) mass is 164 g/mol. The van der Waals surface area contributed by atoms with Crippen molar-refractivity contribution < 1.29 is 0 Å². The number of nitrogens with zero attached hydrogens (tertiary/aromatic N) is 3. The zero-order chi connectivity index (χ0) is 9.19. The Labute approximate surface area is 71.6 Å². The van der Waals surface area contributed by atoms with Gasteiger partial charge >= 0.3 is 0 Å². The van der Waals surface area contributed by atoms with E-state index in [1.165, 1.54) is 0 Å². The number of aryl methyl sites for hydroxylation is 1. The van der Waals surface area contributed by atoms with Gasteiger partial charge in [-0.15, -0.1) is 0 Å². The Morgan fingerprint density at radius 1 is 1.83 bits per heavy atom. The highest BCUT2D eigenvalue weighted by molar-refractivity contribution is 5.03. The molecule has 1 rings (SSSR count). The molecule has 4 heteroatoms. The second kappa shape index (κ2) is 2.95. The maximum absolute atomic E-state index is 8.67. The molecule has 0 aliphatic carbocycles. The van der Waals surface area contributed by atoms with Crippen LogP contribution in [0.25, 0.3) is 0 Å². The molecule has 64 valence electrons. The van der Waals surface area contributed by atoms with Crippen LogP contribution < -0.4 is 5.73 Å². The van der Waals surface area contributed by atoms with E-state index in [0.29, 0.717) is 6.54 Å². The van der Waals surface area contributed by atoms with Crippen molar-refractivity contribution in [3.63, 3.8) is 0 Å². The first kappa shape index (κ1) is 8.75. The van der Waals surface area contributed by atoms with E-state index < -0.39 is 5.54 Å². The summed E-state index contributed by atoms with van der Waals surface area (Å²) in [7, 11) is 0. The van der Waals surface area contributed by atoms with Gasteiger partial charge in [0.2, 0.25) is 0 Å². The van der Waals surface area contributed by atoms with Crippen molar-refractivity contribution in [1.29, 1.82) is 5.26 Å². The molecule has 1 unspecified atom stereocenters. The summed E-state index contributed by atoms with van der Waals surface area (Å²) < 4.78 is 1.86. The molecule has 4 nitrogen and oxygen atoms in total. The van der Waals surface area contributed by atoms with Crippen molar-refractivity contribution in [3.05, 3.63) is 18.2 Å². The molecule has 0 aliphatic rings. The van der Waals surface area contributed by atoms with Crippen molar-refractivity contribution >= 4 is 0 Å². The summed E-state index contributed by atoms with van der Waals surface area (Å²) in [6, 6.07) is 2.04. The molecule has 0 fully saturated rings. The molecule has 0 aromatic carbocycles. The van der Waals surface area contributed by atoms with E-state index >= 15 is 0 Å². The number of rotatable bonds is 2. The molecule has 2 N–H and O–H groups in total. The Bertz CT molecular complexity index is 305. The van der Waals surface area contributed by atoms with Crippen LogP contribution in [0.5, 0.6) is 0 Å². The van der Waals surface area contributed by atoms with Gasteiger partial charge in [0.25, 0.3) is 0 Å². The number of nitriles is 1. The topological polar surface area (TPSA) is 67.6 Å². The maximum atomic E-state index is 8.67. The Hall–Kier alpha value is -1.34. The second-order valence-corrected chi connectivity index (χ2v) is 3.13. The van der Waals surface area contributed by atoms with Gasteiger partial charge in [0.15, 0.2) is 0 Å². The van der Waals surface area contributed by atoms with Gasteiger partial charge in [-0.05, 0) is 13.8 Å². The smallest absolute Gasteiger partial charge is 0.119 e. The van der Waals surface area contributed by atoms with Crippen molar-refractivity contribution in [1.82, 2.24) is 9.55 Å². The minimum Gasteiger partial charge on any atom is -0.332 e. The third-order valence-corrected chi connectivity index (χ3v) is 1.68. The van der Waals surface area contributed by atoms with Crippen LogP contribution >= 0.6 is 0 Å². The van der Waals surface area contributed by atoms with E-state index in [4.69, 9.17) is 11.0 Å². The fourth-order valence-electron chi connectivity index (χ4n) is 0.960. The van der Waals surface area contributed by atoms with Gasteiger partial charge in [0.05, 0.1) is 12.6 Å². The van der Waals surface area contributed by atoms with Gasteiger partial charge < -0.3 is 10.3 Å². The minimum absolute atomic E-state index is 0.481. The lowest BCUT2D eigenvalue weighted by Crippen LogP contribution is -2.39. The molecule has 12 heavy (non-hydrogen) atoms. The Kier molecular flexibility index (Phi) is 2.15. The molecule has 1 aromatic rings. The van der Waals surface area contributed by atoms with Gasteiger partial charge in [-0.3, -0.25) is 0 Å². The van der Waals surface area contributed by atoms with E-state index in [2.05, 4.69) is 4.98 Å². The minimum atomic E-state index is -0.814. The largest absolute Gasteiger partial charge is 0.332 e. The third kappa shape index (κ3) is 1.83. The first-order valence-electron chi connectivity index (χ1n) is 3.73. The maximum Gasteiger partial charge on any atom is 0.119 e. The van der Waals surface area contributed by atoms with Crippen LogP contribution in [0.4, 0.5) is 0 Å². The average Bonchev–Trinajstić information content (AvgIpc) is 2.36. The number of hydrogen-bond donors (Lipinski definition) is 1. The normalized spacial score (nSPS) is 15.2. The van der Waals surface area contributed by atoms with E-state index in [1.54, 1.807) is 13.1 Å². The van der Waals surface area contributed by atoms with Gasteiger partial charge in [0, 0.05) is 12.4 Å². The SMILES string of the molecule is Cc1nccn1CC(C)(N)C#N. The van der Waals surface area contributed by atoms with Crippen LogP contribution in [0.2, 0.25) is 0 Å². The summed E-state index contributed by atoms with van der Waals surface area (Å²) in [4.78, 5) is 4.03. The number of aromatic nitrogens is 2. The van der Waals surface area contributed by atoms with Crippen molar-refractivity contribution in [2.45, 2.75) is 25.9 Å². The molecule has 0 aliphatic heterocycles. The average molecular weight is 164 g/mol. The van der Waals surface area contributed by atoms with E-state index in [1.807, 2.05) is 23.8 Å². The molecule has 0 saturated carbocycles. The van der Waals surface area contributed by atoms with Crippen LogP contribution in [0, 0.1) is 18.3 Å².